The van der Waals surface area contributed by atoms with Gasteiger partial charge in [-0.15, -0.1) is 0 Å². The molecular formula is C27H28N4O5S. The lowest BCUT2D eigenvalue weighted by Crippen LogP contribution is -2.53. The lowest BCUT2D eigenvalue weighted by Gasteiger charge is -2.34. The molecule has 10 heteroatoms. The molecule has 2 aliphatic rings. The normalized spacial score (nSPS) is 19.2. The van der Waals surface area contributed by atoms with Crippen LogP contribution in [0.1, 0.15) is 12.5 Å². The van der Waals surface area contributed by atoms with E-state index in [1.54, 1.807) is 37.3 Å². The summed E-state index contributed by atoms with van der Waals surface area (Å²) in [5.41, 5.74) is 1.63. The first-order chi connectivity index (χ1) is 17.7. The second kappa shape index (κ2) is 9.60. The molecule has 0 radical (unpaired) electrons. The smallest absolute Gasteiger partial charge is 0.332 e. The molecule has 2 aliphatic heterocycles. The van der Waals surface area contributed by atoms with E-state index in [0.717, 1.165) is 21.2 Å². The Balaban J connectivity index is 1.23. The summed E-state index contributed by atoms with van der Waals surface area (Å²) in [5.74, 6) is -0.821. The van der Waals surface area contributed by atoms with E-state index in [1.807, 2.05) is 43.3 Å². The van der Waals surface area contributed by atoms with Crippen LogP contribution in [0.5, 0.6) is 0 Å². The molecule has 0 aromatic heterocycles. The fourth-order valence-corrected chi connectivity index (χ4v) is 6.26. The number of fused-ring (bicyclic) bond motifs is 1. The molecular weight excluding hydrogens is 492 g/mol. The molecule has 37 heavy (non-hydrogen) atoms. The maximum atomic E-state index is 13.2. The molecule has 9 nitrogen and oxygen atoms in total. The minimum atomic E-state index is -3.72. The summed E-state index contributed by atoms with van der Waals surface area (Å²) in [6.45, 7) is 3.83. The number of anilines is 1. The van der Waals surface area contributed by atoms with E-state index in [-0.39, 0.29) is 43.5 Å². The predicted octanol–water partition coefficient (Wildman–Crippen LogP) is 2.84. The lowest BCUT2D eigenvalue weighted by atomic mass is 10.1. The van der Waals surface area contributed by atoms with Crippen molar-refractivity contribution in [1.29, 1.82) is 0 Å². The van der Waals surface area contributed by atoms with Crippen LogP contribution in [0.2, 0.25) is 0 Å². The molecule has 0 saturated carbocycles. The van der Waals surface area contributed by atoms with Gasteiger partial charge in [0.1, 0.15) is 12.6 Å². The third-order valence-corrected chi connectivity index (χ3v) is 8.90. The highest BCUT2D eigenvalue weighted by atomic mass is 32.2. The van der Waals surface area contributed by atoms with Crippen LogP contribution in [0.4, 0.5) is 10.5 Å². The predicted molar refractivity (Wildman–Crippen MR) is 140 cm³/mol. The SMILES string of the molecule is Cc1ccc(N2C(=O)N(CC(=O)N3CCN(S(=O)(=O)c4ccc5ccccc5c4)CC3)C(=O)[C@@H]2C)cc1. The number of sulfonamides is 1. The van der Waals surface area contributed by atoms with Gasteiger partial charge in [-0.1, -0.05) is 48.0 Å². The zero-order chi connectivity index (χ0) is 26.3. The summed E-state index contributed by atoms with van der Waals surface area (Å²) in [6, 6.07) is 18.6. The number of nitrogens with zero attached hydrogens (tertiary/aromatic N) is 4. The van der Waals surface area contributed by atoms with Gasteiger partial charge in [0.05, 0.1) is 4.90 Å². The standard InChI is InChI=1S/C27H28N4O5S/c1-19-7-10-23(11-8-19)31-20(2)26(33)30(27(31)34)18-25(32)28-13-15-29(16-14-28)37(35,36)24-12-9-21-5-3-4-6-22(21)17-24/h3-12,17,20H,13-16,18H2,1-2H3/t20-/m0/s1. The van der Waals surface area contributed by atoms with Gasteiger partial charge in [-0.2, -0.15) is 4.31 Å². The summed E-state index contributed by atoms with van der Waals surface area (Å²) in [5, 5.41) is 1.80. The van der Waals surface area contributed by atoms with Gasteiger partial charge in [0.2, 0.25) is 15.9 Å². The Labute approximate surface area is 215 Å². The largest absolute Gasteiger partial charge is 0.338 e. The van der Waals surface area contributed by atoms with E-state index in [1.165, 1.54) is 14.1 Å². The third kappa shape index (κ3) is 4.58. The van der Waals surface area contributed by atoms with Gasteiger partial charge in [-0.25, -0.2) is 13.2 Å². The van der Waals surface area contributed by atoms with Crippen molar-refractivity contribution in [2.75, 3.05) is 37.6 Å². The number of piperazine rings is 1. The van der Waals surface area contributed by atoms with Crippen molar-refractivity contribution in [3.05, 3.63) is 72.3 Å². The van der Waals surface area contributed by atoms with Crippen molar-refractivity contribution in [2.45, 2.75) is 24.8 Å². The van der Waals surface area contributed by atoms with E-state index < -0.39 is 28.0 Å². The highest BCUT2D eigenvalue weighted by Crippen LogP contribution is 2.27. The maximum Gasteiger partial charge on any atom is 0.332 e. The van der Waals surface area contributed by atoms with Gasteiger partial charge < -0.3 is 4.90 Å². The fourth-order valence-electron chi connectivity index (χ4n) is 4.80. The molecule has 0 N–H and O–H groups in total. The quantitative estimate of drug-likeness (QED) is 0.482. The number of benzene rings is 3. The van der Waals surface area contributed by atoms with Crippen molar-refractivity contribution in [1.82, 2.24) is 14.1 Å². The number of carbonyl (C=O) groups is 3. The molecule has 5 rings (SSSR count). The van der Waals surface area contributed by atoms with Crippen LogP contribution in [0.3, 0.4) is 0 Å². The molecule has 192 valence electrons. The summed E-state index contributed by atoms with van der Waals surface area (Å²) < 4.78 is 27.8. The third-order valence-electron chi connectivity index (χ3n) is 7.00. The second-order valence-electron chi connectivity index (χ2n) is 9.38. The fraction of sp³-hybridized carbons (Fsp3) is 0.296. The Bertz CT molecular complexity index is 1480. The lowest BCUT2D eigenvalue weighted by molar-refractivity contribution is -0.137. The number of amides is 4. The van der Waals surface area contributed by atoms with Crippen molar-refractivity contribution in [3.8, 4) is 0 Å². The first kappa shape index (κ1) is 24.9. The second-order valence-corrected chi connectivity index (χ2v) is 11.3. The van der Waals surface area contributed by atoms with Crippen LogP contribution in [0.15, 0.2) is 71.6 Å². The molecule has 2 saturated heterocycles. The van der Waals surface area contributed by atoms with Crippen LogP contribution < -0.4 is 4.90 Å². The van der Waals surface area contributed by atoms with Crippen LogP contribution in [0, 0.1) is 6.92 Å². The first-order valence-electron chi connectivity index (χ1n) is 12.1. The topological polar surface area (TPSA) is 98.3 Å². The van der Waals surface area contributed by atoms with Gasteiger partial charge in [0, 0.05) is 31.9 Å². The van der Waals surface area contributed by atoms with Gasteiger partial charge in [0.15, 0.2) is 0 Å². The summed E-state index contributed by atoms with van der Waals surface area (Å²) >= 11 is 0. The van der Waals surface area contributed by atoms with Crippen molar-refractivity contribution in [2.24, 2.45) is 0 Å². The summed E-state index contributed by atoms with van der Waals surface area (Å²) in [6.07, 6.45) is 0. The molecule has 2 fully saturated rings. The number of aryl methyl sites for hydroxylation is 1. The average Bonchev–Trinajstić information content (AvgIpc) is 3.12. The Morgan fingerprint density at radius 3 is 2.22 bits per heavy atom. The molecule has 2 heterocycles. The Morgan fingerprint density at radius 2 is 1.54 bits per heavy atom. The molecule has 3 aromatic rings. The number of imide groups is 1. The highest BCUT2D eigenvalue weighted by molar-refractivity contribution is 7.89. The number of carbonyl (C=O) groups excluding carboxylic acids is 3. The van der Waals surface area contributed by atoms with E-state index >= 15 is 0 Å². The summed E-state index contributed by atoms with van der Waals surface area (Å²) in [7, 11) is -3.72. The zero-order valence-electron chi connectivity index (χ0n) is 20.7. The molecule has 0 aliphatic carbocycles. The Kier molecular flexibility index (Phi) is 6.47. The molecule has 0 bridgehead atoms. The number of urea groups is 1. The number of hydrogen-bond acceptors (Lipinski definition) is 5. The molecule has 1 atom stereocenters. The van der Waals surface area contributed by atoms with Crippen LogP contribution in [-0.4, -0.2) is 79.1 Å². The first-order valence-corrected chi connectivity index (χ1v) is 13.6. The van der Waals surface area contributed by atoms with Crippen molar-refractivity contribution in [3.63, 3.8) is 0 Å². The minimum Gasteiger partial charge on any atom is -0.338 e. The Hall–Kier alpha value is -3.76. The number of hydrogen-bond donors (Lipinski definition) is 0. The van der Waals surface area contributed by atoms with Crippen LogP contribution >= 0.6 is 0 Å². The minimum absolute atomic E-state index is 0.134. The van der Waals surface area contributed by atoms with E-state index in [0.29, 0.717) is 5.69 Å². The zero-order valence-corrected chi connectivity index (χ0v) is 21.5. The van der Waals surface area contributed by atoms with E-state index in [9.17, 15) is 22.8 Å². The molecule has 0 spiro atoms. The van der Waals surface area contributed by atoms with Crippen LogP contribution in [0.25, 0.3) is 10.8 Å². The average molecular weight is 521 g/mol. The van der Waals surface area contributed by atoms with Crippen molar-refractivity contribution < 1.29 is 22.8 Å². The molecule has 4 amide bonds. The van der Waals surface area contributed by atoms with E-state index in [2.05, 4.69) is 0 Å². The van der Waals surface area contributed by atoms with Crippen molar-refractivity contribution >= 4 is 44.3 Å². The number of rotatable bonds is 5. The molecule has 0 unspecified atom stereocenters. The monoisotopic (exact) mass is 520 g/mol. The molecule has 3 aromatic carbocycles. The highest BCUT2D eigenvalue weighted by Gasteiger charge is 2.44. The van der Waals surface area contributed by atoms with E-state index in [4.69, 9.17) is 0 Å². The maximum absolute atomic E-state index is 13.2. The van der Waals surface area contributed by atoms with Gasteiger partial charge >= 0.3 is 6.03 Å². The van der Waals surface area contributed by atoms with Gasteiger partial charge in [-0.3, -0.25) is 19.4 Å². The van der Waals surface area contributed by atoms with Gasteiger partial charge in [-0.05, 0) is 48.9 Å². The van der Waals surface area contributed by atoms with Gasteiger partial charge in [0.25, 0.3) is 5.91 Å². The Morgan fingerprint density at radius 1 is 0.892 bits per heavy atom. The van der Waals surface area contributed by atoms with Crippen LogP contribution in [-0.2, 0) is 19.6 Å². The summed E-state index contributed by atoms with van der Waals surface area (Å²) in [4.78, 5) is 43.0.